The van der Waals surface area contributed by atoms with Gasteiger partial charge in [0, 0.05) is 19.6 Å². The zero-order chi connectivity index (χ0) is 22.5. The van der Waals surface area contributed by atoms with Crippen LogP contribution in [0.4, 0.5) is 0 Å². The highest BCUT2D eigenvalue weighted by Gasteiger charge is 2.24. The molecule has 9 heteroatoms. The van der Waals surface area contributed by atoms with Crippen LogP contribution in [0.5, 0.6) is 5.75 Å². The Balaban J connectivity index is 1.54. The summed E-state index contributed by atoms with van der Waals surface area (Å²) in [6.45, 7) is 4.16. The lowest BCUT2D eigenvalue weighted by Gasteiger charge is -2.32. The average molecular weight is 467 g/mol. The van der Waals surface area contributed by atoms with E-state index in [1.807, 2.05) is 6.92 Å². The minimum Gasteiger partial charge on any atom is -0.497 e. The largest absolute Gasteiger partial charge is 0.497 e. The molecule has 1 aliphatic heterocycles. The summed E-state index contributed by atoms with van der Waals surface area (Å²) in [7, 11) is -5.46. The molecule has 170 valence electrons. The third-order valence-electron chi connectivity index (χ3n) is 5.57. The van der Waals surface area contributed by atoms with Crippen molar-refractivity contribution in [2.45, 2.75) is 29.6 Å². The Morgan fingerprint density at radius 1 is 1.06 bits per heavy atom. The van der Waals surface area contributed by atoms with E-state index >= 15 is 0 Å². The fraction of sp³-hybridized carbons (Fsp3) is 0.455. The first-order valence-corrected chi connectivity index (χ1v) is 13.5. The van der Waals surface area contributed by atoms with Crippen LogP contribution in [-0.2, 0) is 19.9 Å². The number of methoxy groups -OCH3 is 1. The number of likely N-dealkylation sites (tertiary alicyclic amines) is 1. The lowest BCUT2D eigenvalue weighted by molar-refractivity contribution is 0.185. The molecule has 2 aromatic carbocycles. The van der Waals surface area contributed by atoms with Gasteiger partial charge in [-0.1, -0.05) is 23.8 Å². The van der Waals surface area contributed by atoms with Gasteiger partial charge in [0.1, 0.15) is 5.75 Å². The molecule has 1 fully saturated rings. The summed E-state index contributed by atoms with van der Waals surface area (Å²) in [6, 6.07) is 13.3. The topological polar surface area (TPSA) is 92.8 Å². The highest BCUT2D eigenvalue weighted by molar-refractivity contribution is 7.91. The molecule has 3 rings (SSSR count). The van der Waals surface area contributed by atoms with E-state index in [1.54, 1.807) is 42.5 Å². The number of hydrogen-bond donors (Lipinski definition) is 1. The van der Waals surface area contributed by atoms with E-state index in [2.05, 4.69) is 9.62 Å². The number of benzene rings is 2. The molecule has 0 aliphatic carbocycles. The predicted octanol–water partition coefficient (Wildman–Crippen LogP) is 2.47. The molecule has 0 spiro atoms. The van der Waals surface area contributed by atoms with Crippen molar-refractivity contribution in [3.05, 3.63) is 54.1 Å². The summed E-state index contributed by atoms with van der Waals surface area (Å²) < 4.78 is 58.2. The first-order valence-electron chi connectivity index (χ1n) is 10.3. The summed E-state index contributed by atoms with van der Waals surface area (Å²) in [5.74, 6) is 0.676. The highest BCUT2D eigenvalue weighted by atomic mass is 32.2. The average Bonchev–Trinajstić information content (AvgIpc) is 2.77. The van der Waals surface area contributed by atoms with E-state index in [0.717, 1.165) is 24.9 Å². The Kier molecular flexibility index (Phi) is 7.74. The number of sulfonamides is 1. The number of nitrogens with one attached hydrogen (secondary N) is 1. The summed E-state index contributed by atoms with van der Waals surface area (Å²) in [5.41, 5.74) is 1.01. The summed E-state index contributed by atoms with van der Waals surface area (Å²) >= 11 is 0. The predicted molar refractivity (Wildman–Crippen MR) is 121 cm³/mol. The molecule has 0 saturated carbocycles. The number of sulfone groups is 1. The van der Waals surface area contributed by atoms with Crippen LogP contribution < -0.4 is 9.46 Å². The second kappa shape index (κ2) is 10.1. The Hall–Kier alpha value is -1.94. The zero-order valence-electron chi connectivity index (χ0n) is 18.0. The Bertz CT molecular complexity index is 1080. The summed E-state index contributed by atoms with van der Waals surface area (Å²) in [4.78, 5) is 2.62. The second-order valence-corrected chi connectivity index (χ2v) is 11.8. The van der Waals surface area contributed by atoms with Gasteiger partial charge in [-0.25, -0.2) is 21.6 Å². The minimum absolute atomic E-state index is 0.0159. The van der Waals surface area contributed by atoms with E-state index in [0.29, 0.717) is 25.4 Å². The lowest BCUT2D eigenvalue weighted by atomic mass is 9.98. The van der Waals surface area contributed by atoms with Crippen LogP contribution in [-0.4, -0.2) is 60.8 Å². The number of piperidine rings is 1. The van der Waals surface area contributed by atoms with Crippen LogP contribution in [0.25, 0.3) is 0 Å². The van der Waals surface area contributed by atoms with Gasteiger partial charge in [0.25, 0.3) is 0 Å². The van der Waals surface area contributed by atoms with Crippen molar-refractivity contribution < 1.29 is 21.6 Å². The van der Waals surface area contributed by atoms with Crippen LogP contribution in [0.3, 0.4) is 0 Å². The number of nitrogens with zero attached hydrogens (tertiary/aromatic N) is 1. The number of hydrogen-bond acceptors (Lipinski definition) is 6. The van der Waals surface area contributed by atoms with Gasteiger partial charge in [0.05, 0.1) is 22.7 Å². The Morgan fingerprint density at radius 3 is 2.52 bits per heavy atom. The third-order valence-corrected chi connectivity index (χ3v) is 8.70. The summed E-state index contributed by atoms with van der Waals surface area (Å²) in [6.07, 6.45) is 1.83. The fourth-order valence-corrected chi connectivity index (χ4v) is 6.14. The zero-order valence-corrected chi connectivity index (χ0v) is 19.6. The van der Waals surface area contributed by atoms with Gasteiger partial charge < -0.3 is 9.64 Å². The molecule has 1 atom stereocenters. The lowest BCUT2D eigenvalue weighted by Crippen LogP contribution is -2.42. The van der Waals surface area contributed by atoms with Crippen molar-refractivity contribution in [2.24, 2.45) is 5.92 Å². The van der Waals surface area contributed by atoms with E-state index in [1.165, 1.54) is 13.2 Å². The number of ether oxygens (including phenoxy) is 1. The molecule has 1 saturated heterocycles. The minimum atomic E-state index is -3.55. The Morgan fingerprint density at radius 2 is 1.81 bits per heavy atom. The fourth-order valence-electron chi connectivity index (χ4n) is 3.71. The normalized spacial score (nSPS) is 18.1. The number of aryl methyl sites for hydroxylation is 1. The standard InChI is InChI=1S/C22H30N2O5S2/c1-18-8-10-21(11-9-18)31(27,28)23-16-19-5-4-12-24(17-19)13-14-30(25,26)22-7-3-6-20(15-22)29-2/h3,6-11,15,19,23H,4-5,12-14,16-17H2,1-2H3. The van der Waals surface area contributed by atoms with Crippen LogP contribution in [0.1, 0.15) is 18.4 Å². The van der Waals surface area contributed by atoms with Crippen LogP contribution in [0, 0.1) is 12.8 Å². The van der Waals surface area contributed by atoms with Gasteiger partial charge >= 0.3 is 0 Å². The van der Waals surface area contributed by atoms with E-state index < -0.39 is 19.9 Å². The first-order chi connectivity index (χ1) is 14.7. The molecule has 1 unspecified atom stereocenters. The first kappa shape index (κ1) is 23.7. The molecular weight excluding hydrogens is 436 g/mol. The Labute approximate surface area is 185 Å². The van der Waals surface area contributed by atoms with Crippen molar-refractivity contribution in [3.8, 4) is 5.75 Å². The number of rotatable bonds is 9. The monoisotopic (exact) mass is 466 g/mol. The summed E-state index contributed by atoms with van der Waals surface area (Å²) in [5, 5.41) is 0. The van der Waals surface area contributed by atoms with E-state index in [9.17, 15) is 16.8 Å². The molecule has 0 amide bonds. The van der Waals surface area contributed by atoms with Gasteiger partial charge in [-0.3, -0.25) is 0 Å². The van der Waals surface area contributed by atoms with Gasteiger partial charge in [0.2, 0.25) is 10.0 Å². The molecule has 1 heterocycles. The van der Waals surface area contributed by atoms with E-state index in [-0.39, 0.29) is 21.5 Å². The molecule has 2 aromatic rings. The second-order valence-electron chi connectivity index (χ2n) is 7.97. The van der Waals surface area contributed by atoms with E-state index in [4.69, 9.17) is 4.74 Å². The van der Waals surface area contributed by atoms with Gasteiger partial charge in [0.15, 0.2) is 9.84 Å². The van der Waals surface area contributed by atoms with Gasteiger partial charge in [-0.05, 0) is 62.6 Å². The smallest absolute Gasteiger partial charge is 0.240 e. The molecule has 0 aromatic heterocycles. The molecular formula is C22H30N2O5S2. The molecule has 1 N–H and O–H groups in total. The molecule has 1 aliphatic rings. The van der Waals surface area contributed by atoms with Crippen molar-refractivity contribution in [1.82, 2.24) is 9.62 Å². The van der Waals surface area contributed by atoms with Crippen LogP contribution in [0.15, 0.2) is 58.3 Å². The molecule has 0 radical (unpaired) electrons. The highest BCUT2D eigenvalue weighted by Crippen LogP contribution is 2.20. The third kappa shape index (κ3) is 6.52. The quantitative estimate of drug-likeness (QED) is 0.610. The molecule has 7 nitrogen and oxygen atoms in total. The van der Waals surface area contributed by atoms with Gasteiger partial charge in [-0.15, -0.1) is 0 Å². The molecule has 31 heavy (non-hydrogen) atoms. The van der Waals surface area contributed by atoms with Crippen molar-refractivity contribution in [1.29, 1.82) is 0 Å². The van der Waals surface area contributed by atoms with Crippen LogP contribution >= 0.6 is 0 Å². The molecule has 0 bridgehead atoms. The van der Waals surface area contributed by atoms with Crippen LogP contribution in [0.2, 0.25) is 0 Å². The SMILES string of the molecule is COc1cccc(S(=O)(=O)CCN2CCCC(CNS(=O)(=O)c3ccc(C)cc3)C2)c1. The van der Waals surface area contributed by atoms with Gasteiger partial charge in [-0.2, -0.15) is 0 Å². The van der Waals surface area contributed by atoms with Crippen molar-refractivity contribution in [2.75, 3.05) is 39.0 Å². The maximum atomic E-state index is 12.7. The maximum Gasteiger partial charge on any atom is 0.240 e. The van der Waals surface area contributed by atoms with Crippen molar-refractivity contribution in [3.63, 3.8) is 0 Å². The van der Waals surface area contributed by atoms with Crippen molar-refractivity contribution >= 4 is 19.9 Å². The maximum absolute atomic E-state index is 12.7.